The zero-order chi connectivity index (χ0) is 13.7. The molecule has 1 saturated carbocycles. The fraction of sp³-hybridized carbons (Fsp3) is 0.562. The lowest BCUT2D eigenvalue weighted by atomic mass is 9.84. The van der Waals surface area contributed by atoms with Crippen molar-refractivity contribution < 1.29 is 14.6 Å². The Morgan fingerprint density at radius 1 is 1.26 bits per heavy atom. The van der Waals surface area contributed by atoms with Crippen LogP contribution in [-0.4, -0.2) is 17.2 Å². The smallest absolute Gasteiger partial charge is 0.303 e. The predicted molar refractivity (Wildman–Crippen MR) is 74.4 cm³/mol. The van der Waals surface area contributed by atoms with E-state index in [0.29, 0.717) is 0 Å². The topological polar surface area (TPSA) is 46.5 Å². The number of ether oxygens (including phenoxy) is 1. The highest BCUT2D eigenvalue weighted by molar-refractivity contribution is 5.67. The van der Waals surface area contributed by atoms with Gasteiger partial charge in [-0.05, 0) is 43.4 Å². The predicted octanol–water partition coefficient (Wildman–Crippen LogP) is 3.66. The van der Waals surface area contributed by atoms with Crippen molar-refractivity contribution in [2.45, 2.75) is 51.6 Å². The van der Waals surface area contributed by atoms with Gasteiger partial charge in [0.05, 0.1) is 6.42 Å². The summed E-state index contributed by atoms with van der Waals surface area (Å²) in [5.41, 5.74) is 1.29. The third-order valence-electron chi connectivity index (χ3n) is 3.90. The van der Waals surface area contributed by atoms with Crippen LogP contribution < -0.4 is 4.74 Å². The number of hydrogen-bond donors (Lipinski definition) is 1. The molecule has 2 atom stereocenters. The minimum Gasteiger partial charge on any atom is -0.490 e. The monoisotopic (exact) mass is 262 g/mol. The second-order valence-electron chi connectivity index (χ2n) is 5.30. The first-order valence-corrected chi connectivity index (χ1v) is 7.16. The number of rotatable bonds is 5. The van der Waals surface area contributed by atoms with Crippen LogP contribution >= 0.6 is 0 Å². The molecule has 1 aromatic rings. The van der Waals surface area contributed by atoms with E-state index in [1.54, 1.807) is 0 Å². The first-order chi connectivity index (χ1) is 9.19. The molecule has 3 nitrogen and oxygen atoms in total. The summed E-state index contributed by atoms with van der Waals surface area (Å²) in [7, 11) is 0. The van der Waals surface area contributed by atoms with E-state index in [4.69, 9.17) is 9.84 Å². The van der Waals surface area contributed by atoms with Crippen LogP contribution in [0.3, 0.4) is 0 Å². The van der Waals surface area contributed by atoms with Gasteiger partial charge < -0.3 is 9.84 Å². The molecule has 19 heavy (non-hydrogen) atoms. The molecule has 0 heterocycles. The fourth-order valence-corrected chi connectivity index (χ4v) is 2.77. The van der Waals surface area contributed by atoms with Crippen LogP contribution in [0.1, 0.15) is 44.6 Å². The van der Waals surface area contributed by atoms with E-state index in [-0.39, 0.29) is 18.4 Å². The Morgan fingerprint density at radius 2 is 1.95 bits per heavy atom. The first kappa shape index (κ1) is 13.9. The maximum absolute atomic E-state index is 10.9. The zero-order valence-corrected chi connectivity index (χ0v) is 11.5. The van der Waals surface area contributed by atoms with Crippen molar-refractivity contribution in [3.63, 3.8) is 0 Å². The molecule has 0 radical (unpaired) electrons. The molecule has 0 aromatic heterocycles. The Bertz CT molecular complexity index is 411. The summed E-state index contributed by atoms with van der Waals surface area (Å²) < 4.78 is 6.00. The molecule has 1 aliphatic rings. The van der Waals surface area contributed by atoms with Crippen LogP contribution in [0.25, 0.3) is 0 Å². The van der Waals surface area contributed by atoms with E-state index in [0.717, 1.165) is 37.9 Å². The zero-order valence-electron chi connectivity index (χ0n) is 11.5. The average molecular weight is 262 g/mol. The van der Waals surface area contributed by atoms with E-state index < -0.39 is 5.97 Å². The summed E-state index contributed by atoms with van der Waals surface area (Å²) in [6.45, 7) is 2.12. The van der Waals surface area contributed by atoms with Crippen molar-refractivity contribution in [2.75, 3.05) is 0 Å². The average Bonchev–Trinajstić information content (AvgIpc) is 2.41. The largest absolute Gasteiger partial charge is 0.490 e. The van der Waals surface area contributed by atoms with Gasteiger partial charge in [0.1, 0.15) is 11.9 Å². The van der Waals surface area contributed by atoms with Crippen LogP contribution in [0, 0.1) is 5.92 Å². The SMILES string of the molecule is CCc1ccc(OC2CCCCC2CC(=O)O)cc1. The molecule has 0 amide bonds. The lowest BCUT2D eigenvalue weighted by molar-refractivity contribution is -0.139. The number of hydrogen-bond acceptors (Lipinski definition) is 2. The summed E-state index contributed by atoms with van der Waals surface area (Å²) in [5, 5.41) is 8.96. The van der Waals surface area contributed by atoms with Crippen molar-refractivity contribution in [3.8, 4) is 5.75 Å². The normalized spacial score (nSPS) is 23.0. The van der Waals surface area contributed by atoms with E-state index in [1.807, 2.05) is 12.1 Å². The van der Waals surface area contributed by atoms with Crippen LogP contribution in [0.15, 0.2) is 24.3 Å². The first-order valence-electron chi connectivity index (χ1n) is 7.16. The van der Waals surface area contributed by atoms with E-state index in [2.05, 4.69) is 19.1 Å². The minimum absolute atomic E-state index is 0.0531. The van der Waals surface area contributed by atoms with Crippen molar-refractivity contribution in [3.05, 3.63) is 29.8 Å². The van der Waals surface area contributed by atoms with Gasteiger partial charge in [-0.3, -0.25) is 4.79 Å². The van der Waals surface area contributed by atoms with Crippen molar-refractivity contribution in [2.24, 2.45) is 5.92 Å². The molecular weight excluding hydrogens is 240 g/mol. The molecule has 0 spiro atoms. The maximum Gasteiger partial charge on any atom is 0.303 e. The van der Waals surface area contributed by atoms with E-state index in [1.165, 1.54) is 5.56 Å². The lowest BCUT2D eigenvalue weighted by Crippen LogP contribution is -2.32. The number of aryl methyl sites for hydroxylation is 1. The van der Waals surface area contributed by atoms with E-state index in [9.17, 15) is 4.79 Å². The Hall–Kier alpha value is -1.51. The Labute approximate surface area is 114 Å². The highest BCUT2D eigenvalue weighted by Crippen LogP contribution is 2.30. The molecular formula is C16H22O3. The van der Waals surface area contributed by atoms with Crippen LogP contribution in [0.2, 0.25) is 0 Å². The van der Waals surface area contributed by atoms with Gasteiger partial charge in [0.25, 0.3) is 0 Å². The standard InChI is InChI=1S/C16H22O3/c1-2-12-7-9-14(10-8-12)19-15-6-4-3-5-13(15)11-16(17)18/h7-10,13,15H,2-6,11H2,1H3,(H,17,18). The van der Waals surface area contributed by atoms with E-state index >= 15 is 0 Å². The van der Waals surface area contributed by atoms with Crippen LogP contribution in [0.4, 0.5) is 0 Å². The van der Waals surface area contributed by atoms with Gasteiger partial charge in [-0.15, -0.1) is 0 Å². The number of carboxylic acid groups (broad SMARTS) is 1. The molecule has 2 rings (SSSR count). The Kier molecular flexibility index (Phi) is 4.83. The second-order valence-corrected chi connectivity index (χ2v) is 5.30. The third-order valence-corrected chi connectivity index (χ3v) is 3.90. The summed E-state index contributed by atoms with van der Waals surface area (Å²) in [6.07, 6.45) is 5.47. The van der Waals surface area contributed by atoms with Crippen LogP contribution in [0.5, 0.6) is 5.75 Å². The van der Waals surface area contributed by atoms with Gasteiger partial charge in [-0.25, -0.2) is 0 Å². The summed E-state index contributed by atoms with van der Waals surface area (Å²) >= 11 is 0. The lowest BCUT2D eigenvalue weighted by Gasteiger charge is -2.31. The van der Waals surface area contributed by atoms with Crippen molar-refractivity contribution in [1.29, 1.82) is 0 Å². The molecule has 0 aliphatic heterocycles. The summed E-state index contributed by atoms with van der Waals surface area (Å²) in [6, 6.07) is 8.13. The molecule has 1 N–H and O–H groups in total. The van der Waals surface area contributed by atoms with Gasteiger partial charge in [0.15, 0.2) is 0 Å². The Balaban J connectivity index is 1.99. The third kappa shape index (κ3) is 3.98. The van der Waals surface area contributed by atoms with Gasteiger partial charge in [0, 0.05) is 5.92 Å². The van der Waals surface area contributed by atoms with Gasteiger partial charge in [-0.2, -0.15) is 0 Å². The number of carboxylic acids is 1. The minimum atomic E-state index is -0.721. The fourth-order valence-electron chi connectivity index (χ4n) is 2.77. The van der Waals surface area contributed by atoms with Crippen molar-refractivity contribution in [1.82, 2.24) is 0 Å². The molecule has 1 aromatic carbocycles. The van der Waals surface area contributed by atoms with Gasteiger partial charge in [-0.1, -0.05) is 25.5 Å². The molecule has 3 heteroatoms. The molecule has 1 fully saturated rings. The maximum atomic E-state index is 10.9. The number of aliphatic carboxylic acids is 1. The molecule has 1 aliphatic carbocycles. The van der Waals surface area contributed by atoms with Crippen molar-refractivity contribution >= 4 is 5.97 Å². The molecule has 2 unspecified atom stereocenters. The number of benzene rings is 1. The highest BCUT2D eigenvalue weighted by Gasteiger charge is 2.28. The van der Waals surface area contributed by atoms with Gasteiger partial charge in [0.2, 0.25) is 0 Å². The quantitative estimate of drug-likeness (QED) is 0.880. The Morgan fingerprint density at radius 3 is 2.58 bits per heavy atom. The summed E-state index contributed by atoms with van der Waals surface area (Å²) in [4.78, 5) is 10.9. The summed E-state index contributed by atoms with van der Waals surface area (Å²) in [5.74, 6) is 0.290. The highest BCUT2D eigenvalue weighted by atomic mass is 16.5. The molecule has 0 bridgehead atoms. The number of carbonyl (C=O) groups is 1. The second kappa shape index (κ2) is 6.60. The molecule has 0 saturated heterocycles. The van der Waals surface area contributed by atoms with Crippen LogP contribution in [-0.2, 0) is 11.2 Å². The van der Waals surface area contributed by atoms with Gasteiger partial charge >= 0.3 is 5.97 Å². The molecule has 104 valence electrons.